The SMILES string of the molecule is CN(C)c1ccc(/C=C2\C(=O)C3=C(CC2(C)C)NC(c2ccccc2)=CC3c2ccc([N+](=O)[O-])cc2)cc1. The zero-order valence-electron chi connectivity index (χ0n) is 22.1. The van der Waals surface area contributed by atoms with Crippen molar-refractivity contribution in [2.45, 2.75) is 26.2 Å². The second kappa shape index (κ2) is 9.78. The number of nitrogens with one attached hydrogen (secondary N) is 1. The van der Waals surface area contributed by atoms with Gasteiger partial charge in [0.15, 0.2) is 5.78 Å². The maximum absolute atomic E-state index is 14.2. The van der Waals surface area contributed by atoms with Crippen LogP contribution in [0.5, 0.6) is 0 Å². The van der Waals surface area contributed by atoms with Gasteiger partial charge in [0, 0.05) is 60.4 Å². The number of rotatable bonds is 5. The van der Waals surface area contributed by atoms with Gasteiger partial charge in [-0.05, 0) is 52.8 Å². The van der Waals surface area contributed by atoms with E-state index in [1.165, 1.54) is 12.1 Å². The molecule has 1 aliphatic carbocycles. The molecule has 1 N–H and O–H groups in total. The Morgan fingerprint density at radius 1 is 0.974 bits per heavy atom. The third kappa shape index (κ3) is 4.77. The Balaban J connectivity index is 1.60. The van der Waals surface area contributed by atoms with Crippen molar-refractivity contribution in [2.24, 2.45) is 5.41 Å². The molecule has 5 rings (SSSR count). The van der Waals surface area contributed by atoms with E-state index in [2.05, 4.69) is 25.2 Å². The number of nitro groups is 1. The minimum Gasteiger partial charge on any atom is -0.378 e. The maximum atomic E-state index is 14.2. The summed E-state index contributed by atoms with van der Waals surface area (Å²) in [6.45, 7) is 4.22. The Bertz CT molecular complexity index is 1480. The lowest BCUT2D eigenvalue weighted by Crippen LogP contribution is -2.37. The number of Topliss-reactive ketones (excluding diaryl/α,β-unsaturated/α-hetero) is 1. The third-order valence-electron chi connectivity index (χ3n) is 7.36. The van der Waals surface area contributed by atoms with Gasteiger partial charge in [-0.25, -0.2) is 0 Å². The van der Waals surface area contributed by atoms with Crippen LogP contribution in [-0.4, -0.2) is 24.8 Å². The summed E-state index contributed by atoms with van der Waals surface area (Å²) in [6, 6.07) is 24.7. The molecule has 3 aromatic rings. The summed E-state index contributed by atoms with van der Waals surface area (Å²) in [5.41, 5.74) is 6.90. The lowest BCUT2D eigenvalue weighted by molar-refractivity contribution is -0.384. The average molecular weight is 506 g/mol. The molecule has 192 valence electrons. The molecule has 0 saturated heterocycles. The first-order valence-corrected chi connectivity index (χ1v) is 12.7. The molecule has 0 spiro atoms. The smallest absolute Gasteiger partial charge is 0.269 e. The number of allylic oxidation sites excluding steroid dienone is 4. The molecule has 1 heterocycles. The predicted molar refractivity (Wildman–Crippen MR) is 153 cm³/mol. The minimum atomic E-state index is -0.404. The number of carbonyl (C=O) groups excluding carboxylic acids is 1. The zero-order chi connectivity index (χ0) is 27.0. The molecule has 6 heteroatoms. The van der Waals surface area contributed by atoms with Gasteiger partial charge in [0.05, 0.1) is 4.92 Å². The fourth-order valence-corrected chi connectivity index (χ4v) is 5.27. The van der Waals surface area contributed by atoms with Gasteiger partial charge < -0.3 is 10.2 Å². The fourth-order valence-electron chi connectivity index (χ4n) is 5.27. The quantitative estimate of drug-likeness (QED) is 0.237. The van der Waals surface area contributed by atoms with Crippen LogP contribution < -0.4 is 10.2 Å². The van der Waals surface area contributed by atoms with Crippen LogP contribution in [0.25, 0.3) is 11.8 Å². The molecule has 6 nitrogen and oxygen atoms in total. The second-order valence-corrected chi connectivity index (χ2v) is 10.7. The van der Waals surface area contributed by atoms with Crippen LogP contribution in [0.15, 0.2) is 102 Å². The van der Waals surface area contributed by atoms with Gasteiger partial charge in [0.1, 0.15) is 0 Å². The number of carbonyl (C=O) groups is 1. The summed E-state index contributed by atoms with van der Waals surface area (Å²) in [7, 11) is 4.00. The van der Waals surface area contributed by atoms with Crippen molar-refractivity contribution in [3.8, 4) is 0 Å². The van der Waals surface area contributed by atoms with Gasteiger partial charge in [0.25, 0.3) is 5.69 Å². The third-order valence-corrected chi connectivity index (χ3v) is 7.36. The van der Waals surface area contributed by atoms with Gasteiger partial charge in [-0.15, -0.1) is 0 Å². The number of benzene rings is 3. The first kappa shape index (κ1) is 25.2. The van der Waals surface area contributed by atoms with Gasteiger partial charge in [0.2, 0.25) is 0 Å². The summed E-state index contributed by atoms with van der Waals surface area (Å²) < 4.78 is 0. The summed E-state index contributed by atoms with van der Waals surface area (Å²) in [4.78, 5) is 27.1. The summed E-state index contributed by atoms with van der Waals surface area (Å²) in [5.74, 6) is -0.322. The Hall–Kier alpha value is -4.45. The molecule has 2 aliphatic rings. The average Bonchev–Trinajstić information content (AvgIpc) is 2.91. The van der Waals surface area contributed by atoms with Gasteiger partial charge in [-0.2, -0.15) is 0 Å². The standard InChI is InChI=1S/C32H31N3O3/c1-32(2)20-29-30(31(36)27(32)18-21-10-14-24(15-11-21)34(3)4)26(22-12-16-25(17-13-22)35(37)38)19-28(33-29)23-8-6-5-7-9-23/h5-19,26,33H,20H2,1-4H3/b27-18+. The molecule has 0 fully saturated rings. The van der Waals surface area contributed by atoms with E-state index in [0.717, 1.165) is 39.3 Å². The van der Waals surface area contributed by atoms with Crippen molar-refractivity contribution in [1.29, 1.82) is 0 Å². The summed E-state index contributed by atoms with van der Waals surface area (Å²) >= 11 is 0. The van der Waals surface area contributed by atoms with E-state index < -0.39 is 4.92 Å². The number of dihydropyridines is 1. The summed E-state index contributed by atoms with van der Waals surface area (Å²) in [6.07, 6.45) is 4.74. The Morgan fingerprint density at radius 3 is 2.24 bits per heavy atom. The first-order chi connectivity index (χ1) is 18.1. The number of ketones is 1. The fraction of sp³-hybridized carbons (Fsp3) is 0.219. The molecule has 0 amide bonds. The predicted octanol–water partition coefficient (Wildman–Crippen LogP) is 6.73. The highest BCUT2D eigenvalue weighted by Crippen LogP contribution is 2.48. The molecule has 0 radical (unpaired) electrons. The number of non-ortho nitro benzene ring substituents is 1. The van der Waals surface area contributed by atoms with E-state index >= 15 is 0 Å². The second-order valence-electron chi connectivity index (χ2n) is 10.7. The van der Waals surface area contributed by atoms with Gasteiger partial charge >= 0.3 is 0 Å². The number of nitrogens with zero attached hydrogens (tertiary/aromatic N) is 2. The molecule has 1 unspecified atom stereocenters. The molecular weight excluding hydrogens is 474 g/mol. The van der Waals surface area contributed by atoms with Crippen LogP contribution in [0, 0.1) is 15.5 Å². The van der Waals surface area contributed by atoms with Crippen molar-refractivity contribution < 1.29 is 9.72 Å². The number of nitro benzene ring substituents is 1. The van der Waals surface area contributed by atoms with Crippen LogP contribution in [0.1, 0.15) is 42.9 Å². The topological polar surface area (TPSA) is 75.5 Å². The van der Waals surface area contributed by atoms with Crippen LogP contribution in [-0.2, 0) is 4.79 Å². The molecule has 0 aromatic heterocycles. The van der Waals surface area contributed by atoms with Crippen molar-refractivity contribution in [2.75, 3.05) is 19.0 Å². The van der Waals surface area contributed by atoms with E-state index in [-0.39, 0.29) is 22.8 Å². The van der Waals surface area contributed by atoms with Crippen molar-refractivity contribution >= 4 is 28.9 Å². The lowest BCUT2D eigenvalue weighted by Gasteiger charge is -2.40. The number of anilines is 1. The first-order valence-electron chi connectivity index (χ1n) is 12.7. The van der Waals surface area contributed by atoms with Crippen molar-refractivity contribution in [3.63, 3.8) is 0 Å². The van der Waals surface area contributed by atoms with Gasteiger partial charge in [-0.3, -0.25) is 14.9 Å². The Morgan fingerprint density at radius 2 is 1.63 bits per heavy atom. The van der Waals surface area contributed by atoms with E-state index in [4.69, 9.17) is 0 Å². The zero-order valence-corrected chi connectivity index (χ0v) is 22.1. The molecule has 1 atom stereocenters. The molecule has 3 aromatic carbocycles. The van der Waals surface area contributed by atoms with Gasteiger partial charge in [-0.1, -0.05) is 68.4 Å². The van der Waals surface area contributed by atoms with Crippen molar-refractivity contribution in [3.05, 3.63) is 129 Å². The Labute approximate surface area is 223 Å². The molecule has 1 aliphatic heterocycles. The number of hydrogen-bond donors (Lipinski definition) is 1. The van der Waals surface area contributed by atoms with Crippen LogP contribution >= 0.6 is 0 Å². The highest BCUT2D eigenvalue weighted by Gasteiger charge is 2.42. The molecule has 0 bridgehead atoms. The van der Waals surface area contributed by atoms with E-state index in [1.807, 2.05) is 79.7 Å². The number of hydrogen-bond acceptors (Lipinski definition) is 5. The highest BCUT2D eigenvalue weighted by atomic mass is 16.6. The largest absolute Gasteiger partial charge is 0.378 e. The molecule has 0 saturated carbocycles. The van der Waals surface area contributed by atoms with E-state index in [9.17, 15) is 14.9 Å². The lowest BCUT2D eigenvalue weighted by atomic mass is 9.67. The highest BCUT2D eigenvalue weighted by molar-refractivity contribution is 6.15. The van der Waals surface area contributed by atoms with Crippen LogP contribution in [0.2, 0.25) is 0 Å². The summed E-state index contributed by atoms with van der Waals surface area (Å²) in [5, 5.41) is 14.8. The minimum absolute atomic E-state index is 0.00662. The molecule has 38 heavy (non-hydrogen) atoms. The Kier molecular flexibility index (Phi) is 6.49. The van der Waals surface area contributed by atoms with Crippen molar-refractivity contribution in [1.82, 2.24) is 5.32 Å². The van der Waals surface area contributed by atoms with E-state index in [1.54, 1.807) is 12.1 Å². The van der Waals surface area contributed by atoms with E-state index in [0.29, 0.717) is 12.0 Å². The maximum Gasteiger partial charge on any atom is 0.269 e. The normalized spacial score (nSPS) is 19.5. The molecular formula is C32H31N3O3. The monoisotopic (exact) mass is 505 g/mol. The van der Waals surface area contributed by atoms with Crippen LogP contribution in [0.4, 0.5) is 11.4 Å². The van der Waals surface area contributed by atoms with Crippen LogP contribution in [0.3, 0.4) is 0 Å².